The quantitative estimate of drug-likeness (QED) is 0.162. The molecular formula is C33H29NO2S. The van der Waals surface area contributed by atoms with Crippen LogP contribution in [0.3, 0.4) is 0 Å². The highest BCUT2D eigenvalue weighted by atomic mass is 32.1. The molecule has 2 unspecified atom stereocenters. The van der Waals surface area contributed by atoms with E-state index in [1.54, 1.807) is 31.4 Å². The summed E-state index contributed by atoms with van der Waals surface area (Å²) in [4.78, 5) is 14.5. The van der Waals surface area contributed by atoms with Gasteiger partial charge >= 0.3 is 0 Å². The van der Waals surface area contributed by atoms with Crippen LogP contribution in [0.25, 0.3) is 0 Å². The minimum Gasteiger partial charge on any atom is -0.497 e. The van der Waals surface area contributed by atoms with Crippen LogP contribution >= 0.6 is 12.2 Å². The predicted molar refractivity (Wildman–Crippen MR) is 155 cm³/mol. The number of ketones is 1. The average molecular weight is 504 g/mol. The SMILES string of the molecule is COc1ccc(C(=O)C(C(=S)Nc2ccccc2)C(C#Cc2ccc(C)cc2)c2ccc(C)cc2)cc1. The molecule has 0 amide bonds. The molecule has 0 bridgehead atoms. The molecule has 0 saturated heterocycles. The third-order valence-electron chi connectivity index (χ3n) is 6.17. The maximum atomic E-state index is 14.1. The van der Waals surface area contributed by atoms with E-state index in [-0.39, 0.29) is 5.78 Å². The lowest BCUT2D eigenvalue weighted by Gasteiger charge is -2.25. The molecule has 37 heavy (non-hydrogen) atoms. The number of Topliss-reactive ketones (excluding diaryl/α,β-unsaturated/α-hetero) is 1. The minimum absolute atomic E-state index is 0.0973. The molecule has 2 atom stereocenters. The van der Waals surface area contributed by atoms with Crippen LogP contribution < -0.4 is 10.1 Å². The summed E-state index contributed by atoms with van der Waals surface area (Å²) < 4.78 is 5.29. The highest BCUT2D eigenvalue weighted by Crippen LogP contribution is 2.31. The Morgan fingerprint density at radius 3 is 2.00 bits per heavy atom. The fourth-order valence-electron chi connectivity index (χ4n) is 4.03. The van der Waals surface area contributed by atoms with Crippen molar-refractivity contribution in [3.05, 3.63) is 131 Å². The average Bonchev–Trinajstić information content (AvgIpc) is 2.92. The summed E-state index contributed by atoms with van der Waals surface area (Å²) in [5.74, 6) is 6.13. The summed E-state index contributed by atoms with van der Waals surface area (Å²) in [6.45, 7) is 4.09. The van der Waals surface area contributed by atoms with Crippen molar-refractivity contribution in [1.82, 2.24) is 0 Å². The number of nitrogens with one attached hydrogen (secondary N) is 1. The molecule has 0 aliphatic heterocycles. The van der Waals surface area contributed by atoms with Gasteiger partial charge < -0.3 is 10.1 Å². The zero-order valence-corrected chi connectivity index (χ0v) is 22.0. The second kappa shape index (κ2) is 12.2. The molecule has 0 aliphatic carbocycles. The summed E-state index contributed by atoms with van der Waals surface area (Å²) in [5, 5.41) is 3.30. The first-order chi connectivity index (χ1) is 17.9. The molecule has 0 aliphatic rings. The second-order valence-electron chi connectivity index (χ2n) is 8.95. The number of aryl methyl sites for hydroxylation is 2. The van der Waals surface area contributed by atoms with E-state index in [1.807, 2.05) is 92.7 Å². The van der Waals surface area contributed by atoms with Gasteiger partial charge in [-0.15, -0.1) is 0 Å². The fraction of sp³-hybridized carbons (Fsp3) is 0.152. The van der Waals surface area contributed by atoms with Gasteiger partial charge in [0.25, 0.3) is 0 Å². The standard InChI is InChI=1S/C33H29NO2S/c1-23-9-13-25(14-10-23)15-22-30(26-16-11-24(2)12-17-26)31(33(37)34-28-7-5-4-6-8-28)32(35)27-18-20-29(36-3)21-19-27/h4-14,16-21,30-31H,1-3H3,(H,34,37). The van der Waals surface area contributed by atoms with E-state index in [0.29, 0.717) is 16.3 Å². The van der Waals surface area contributed by atoms with Crippen LogP contribution in [0.5, 0.6) is 5.75 Å². The van der Waals surface area contributed by atoms with E-state index in [1.165, 1.54) is 5.56 Å². The van der Waals surface area contributed by atoms with Crippen molar-refractivity contribution in [1.29, 1.82) is 0 Å². The number of rotatable bonds is 7. The number of methoxy groups -OCH3 is 1. The molecule has 4 aromatic rings. The van der Waals surface area contributed by atoms with Crippen molar-refractivity contribution in [3.8, 4) is 17.6 Å². The van der Waals surface area contributed by atoms with Crippen molar-refractivity contribution >= 4 is 28.7 Å². The fourth-order valence-corrected chi connectivity index (χ4v) is 4.39. The lowest BCUT2D eigenvalue weighted by molar-refractivity contribution is 0.0949. The Morgan fingerprint density at radius 1 is 0.811 bits per heavy atom. The van der Waals surface area contributed by atoms with E-state index in [0.717, 1.165) is 22.4 Å². The lowest BCUT2D eigenvalue weighted by Crippen LogP contribution is -2.33. The Kier molecular flexibility index (Phi) is 8.51. The molecule has 0 spiro atoms. The van der Waals surface area contributed by atoms with Crippen LogP contribution in [0.2, 0.25) is 0 Å². The Bertz CT molecular complexity index is 1410. The smallest absolute Gasteiger partial charge is 0.174 e. The zero-order chi connectivity index (χ0) is 26.2. The summed E-state index contributed by atoms with van der Waals surface area (Å²) >= 11 is 5.91. The number of hydrogen-bond donors (Lipinski definition) is 1. The first kappa shape index (κ1) is 25.9. The van der Waals surface area contributed by atoms with Gasteiger partial charge in [0.15, 0.2) is 5.78 Å². The van der Waals surface area contributed by atoms with Crippen LogP contribution in [0.15, 0.2) is 103 Å². The van der Waals surface area contributed by atoms with Crippen molar-refractivity contribution in [2.45, 2.75) is 19.8 Å². The monoisotopic (exact) mass is 503 g/mol. The number of anilines is 1. The Morgan fingerprint density at radius 2 is 1.41 bits per heavy atom. The molecule has 0 fully saturated rings. The van der Waals surface area contributed by atoms with Gasteiger partial charge in [-0.25, -0.2) is 0 Å². The van der Waals surface area contributed by atoms with Crippen molar-refractivity contribution in [3.63, 3.8) is 0 Å². The highest BCUT2D eigenvalue weighted by Gasteiger charge is 2.33. The summed E-state index contributed by atoms with van der Waals surface area (Å²) in [7, 11) is 1.60. The molecule has 3 nitrogen and oxygen atoms in total. The van der Waals surface area contributed by atoms with Crippen molar-refractivity contribution in [2.75, 3.05) is 12.4 Å². The zero-order valence-electron chi connectivity index (χ0n) is 21.2. The molecule has 0 saturated carbocycles. The van der Waals surface area contributed by atoms with Crippen molar-refractivity contribution < 1.29 is 9.53 Å². The number of carbonyl (C=O) groups excluding carboxylic acids is 1. The van der Waals surface area contributed by atoms with Crippen LogP contribution in [0, 0.1) is 31.6 Å². The summed E-state index contributed by atoms with van der Waals surface area (Å²) in [6, 6.07) is 33.0. The molecule has 4 aromatic carbocycles. The van der Waals surface area contributed by atoms with Gasteiger partial charge in [-0.2, -0.15) is 0 Å². The lowest BCUT2D eigenvalue weighted by atomic mass is 9.80. The third-order valence-corrected chi connectivity index (χ3v) is 6.53. The number of thiocarbonyl (C=S) groups is 1. The summed E-state index contributed by atoms with van der Waals surface area (Å²) in [6.07, 6.45) is 0. The van der Waals surface area contributed by atoms with Crippen LogP contribution in [-0.2, 0) is 0 Å². The van der Waals surface area contributed by atoms with E-state index in [2.05, 4.69) is 17.2 Å². The predicted octanol–water partition coefficient (Wildman–Crippen LogP) is 7.39. The van der Waals surface area contributed by atoms with Gasteiger partial charge in [-0.1, -0.05) is 89.8 Å². The molecular weight excluding hydrogens is 474 g/mol. The minimum atomic E-state index is -0.704. The van der Waals surface area contributed by atoms with Gasteiger partial charge in [0.05, 0.1) is 23.9 Å². The molecule has 184 valence electrons. The first-order valence-corrected chi connectivity index (χ1v) is 12.5. The number of carbonyl (C=O) groups is 1. The Hall–Kier alpha value is -4.20. The molecule has 0 aromatic heterocycles. The third kappa shape index (κ3) is 6.73. The number of ether oxygens (including phenoxy) is 1. The largest absolute Gasteiger partial charge is 0.497 e. The van der Waals surface area contributed by atoms with Crippen LogP contribution in [-0.4, -0.2) is 17.9 Å². The topological polar surface area (TPSA) is 38.3 Å². The molecule has 0 heterocycles. The molecule has 4 heteroatoms. The Labute approximate surface area is 224 Å². The van der Waals surface area contributed by atoms with Crippen LogP contribution in [0.1, 0.15) is 38.5 Å². The van der Waals surface area contributed by atoms with E-state index >= 15 is 0 Å². The normalized spacial score (nSPS) is 12.0. The van der Waals surface area contributed by atoms with Gasteiger partial charge in [0.2, 0.25) is 0 Å². The van der Waals surface area contributed by atoms with Gasteiger partial charge in [0, 0.05) is 16.8 Å². The maximum absolute atomic E-state index is 14.1. The number of benzene rings is 4. The Balaban J connectivity index is 1.81. The molecule has 0 radical (unpaired) electrons. The second-order valence-corrected chi connectivity index (χ2v) is 9.39. The van der Waals surface area contributed by atoms with Crippen LogP contribution in [0.4, 0.5) is 5.69 Å². The highest BCUT2D eigenvalue weighted by molar-refractivity contribution is 7.80. The van der Waals surface area contributed by atoms with Crippen molar-refractivity contribution in [2.24, 2.45) is 5.92 Å². The van der Waals surface area contributed by atoms with Gasteiger partial charge in [0.1, 0.15) is 5.75 Å². The number of hydrogen-bond acceptors (Lipinski definition) is 3. The maximum Gasteiger partial charge on any atom is 0.174 e. The molecule has 1 N–H and O–H groups in total. The first-order valence-electron chi connectivity index (χ1n) is 12.1. The number of para-hydroxylation sites is 1. The van der Waals surface area contributed by atoms with E-state index in [4.69, 9.17) is 17.0 Å². The summed E-state index contributed by atoms with van der Waals surface area (Å²) in [5.41, 5.74) is 5.51. The molecule has 4 rings (SSSR count). The van der Waals surface area contributed by atoms with E-state index in [9.17, 15) is 4.79 Å². The van der Waals surface area contributed by atoms with E-state index < -0.39 is 11.8 Å². The van der Waals surface area contributed by atoms with Gasteiger partial charge in [-0.3, -0.25) is 4.79 Å². The van der Waals surface area contributed by atoms with Gasteiger partial charge in [-0.05, 0) is 67.9 Å².